The van der Waals surface area contributed by atoms with Crippen LogP contribution in [0.15, 0.2) is 18.2 Å². The second kappa shape index (κ2) is 3.33. The lowest BCUT2D eigenvalue weighted by Gasteiger charge is -2.08. The Morgan fingerprint density at radius 1 is 1.19 bits per heavy atom. The van der Waals surface area contributed by atoms with Gasteiger partial charge < -0.3 is 5.32 Å². The van der Waals surface area contributed by atoms with Crippen molar-refractivity contribution in [2.45, 2.75) is 12.6 Å². The molecule has 2 rings (SSSR count). The highest BCUT2D eigenvalue weighted by Gasteiger charge is 2.35. The van der Waals surface area contributed by atoms with Crippen LogP contribution in [0, 0.1) is 0 Å². The first-order valence-electron chi connectivity index (χ1n) is 4.43. The quantitative estimate of drug-likeness (QED) is 0.748. The number of fused-ring (bicyclic) bond motifs is 1. The minimum absolute atomic E-state index is 0.150. The van der Waals surface area contributed by atoms with Crippen molar-refractivity contribution in [2.24, 2.45) is 0 Å². The molecular weight excluding hydrogens is 223 g/mol. The fourth-order valence-corrected chi connectivity index (χ4v) is 1.63. The lowest BCUT2D eigenvalue weighted by atomic mass is 10.0. The molecule has 0 saturated heterocycles. The molecule has 1 heterocycles. The molecule has 1 aliphatic rings. The van der Waals surface area contributed by atoms with Gasteiger partial charge in [0.05, 0.1) is 17.7 Å². The molecule has 0 spiro atoms. The topological polar surface area (TPSA) is 46.2 Å². The SMILES string of the molecule is O=C1Nc2cccc(CC(F)(F)F)c2C1=O. The standard InChI is InChI=1S/C10H6F3NO2/c11-10(12,13)4-5-2-1-3-6-7(5)8(15)9(16)14-6/h1-3H,4H2,(H,14,15,16). The number of hydrogen-bond acceptors (Lipinski definition) is 2. The van der Waals surface area contributed by atoms with E-state index < -0.39 is 24.3 Å². The molecule has 6 heteroatoms. The first-order chi connectivity index (χ1) is 7.38. The van der Waals surface area contributed by atoms with Crippen LogP contribution in [-0.2, 0) is 11.2 Å². The average molecular weight is 229 g/mol. The normalized spacial score (nSPS) is 14.9. The maximum absolute atomic E-state index is 12.2. The highest BCUT2D eigenvalue weighted by molar-refractivity contribution is 6.52. The number of Topliss-reactive ketones (excluding diaryl/α,β-unsaturated/α-hetero) is 1. The summed E-state index contributed by atoms with van der Waals surface area (Å²) in [6.45, 7) is 0. The number of benzene rings is 1. The lowest BCUT2D eigenvalue weighted by molar-refractivity contribution is -0.127. The van der Waals surface area contributed by atoms with Crippen LogP contribution in [0.1, 0.15) is 15.9 Å². The molecule has 1 aliphatic heterocycles. The van der Waals surface area contributed by atoms with Crippen LogP contribution < -0.4 is 5.32 Å². The van der Waals surface area contributed by atoms with E-state index in [1.807, 2.05) is 0 Å². The molecule has 3 nitrogen and oxygen atoms in total. The monoisotopic (exact) mass is 229 g/mol. The summed E-state index contributed by atoms with van der Waals surface area (Å²) in [5, 5.41) is 2.22. The number of ketones is 1. The molecule has 84 valence electrons. The molecule has 0 bridgehead atoms. The predicted molar refractivity (Wildman–Crippen MR) is 49.2 cm³/mol. The van der Waals surface area contributed by atoms with Crippen LogP contribution in [0.5, 0.6) is 0 Å². The van der Waals surface area contributed by atoms with E-state index in [0.29, 0.717) is 0 Å². The summed E-state index contributed by atoms with van der Waals surface area (Å²) in [5.41, 5.74) is -0.185. The first-order valence-corrected chi connectivity index (χ1v) is 4.43. The van der Waals surface area contributed by atoms with Gasteiger partial charge >= 0.3 is 6.18 Å². The van der Waals surface area contributed by atoms with Crippen LogP contribution >= 0.6 is 0 Å². The Morgan fingerprint density at radius 3 is 2.50 bits per heavy atom. The Kier molecular flexibility index (Phi) is 2.22. The zero-order valence-electron chi connectivity index (χ0n) is 7.89. The van der Waals surface area contributed by atoms with Gasteiger partial charge in [0.15, 0.2) is 0 Å². The Labute approximate surface area is 88.3 Å². The van der Waals surface area contributed by atoms with E-state index >= 15 is 0 Å². The summed E-state index contributed by atoms with van der Waals surface area (Å²) in [4.78, 5) is 22.3. The number of nitrogens with one attached hydrogen (secondary N) is 1. The third-order valence-corrected chi connectivity index (χ3v) is 2.22. The van der Waals surface area contributed by atoms with Gasteiger partial charge in [-0.05, 0) is 11.6 Å². The fraction of sp³-hybridized carbons (Fsp3) is 0.200. The van der Waals surface area contributed by atoms with E-state index in [2.05, 4.69) is 5.32 Å². The summed E-state index contributed by atoms with van der Waals surface area (Å²) in [6.07, 6.45) is -5.61. The zero-order chi connectivity index (χ0) is 11.9. The van der Waals surface area contributed by atoms with Gasteiger partial charge in [0.1, 0.15) is 0 Å². The molecule has 0 saturated carbocycles. The Balaban J connectivity index is 2.47. The molecular formula is C10H6F3NO2. The molecule has 0 unspecified atom stereocenters. The summed E-state index contributed by atoms with van der Waals surface area (Å²) < 4.78 is 36.7. The smallest absolute Gasteiger partial charge is 0.318 e. The van der Waals surface area contributed by atoms with E-state index in [1.54, 1.807) is 0 Å². The highest BCUT2D eigenvalue weighted by atomic mass is 19.4. The second-order valence-electron chi connectivity index (χ2n) is 3.41. The summed E-state index contributed by atoms with van der Waals surface area (Å²) >= 11 is 0. The number of rotatable bonds is 1. The van der Waals surface area contributed by atoms with Crippen molar-refractivity contribution in [3.8, 4) is 0 Å². The Bertz CT molecular complexity index is 479. The molecule has 1 aromatic rings. The van der Waals surface area contributed by atoms with E-state index in [0.717, 1.165) is 0 Å². The van der Waals surface area contributed by atoms with Crippen LogP contribution in [0.3, 0.4) is 0 Å². The van der Waals surface area contributed by atoms with Crippen molar-refractivity contribution in [1.82, 2.24) is 0 Å². The maximum atomic E-state index is 12.2. The van der Waals surface area contributed by atoms with E-state index in [9.17, 15) is 22.8 Å². The summed E-state index contributed by atoms with van der Waals surface area (Å²) in [5.74, 6) is -1.79. The van der Waals surface area contributed by atoms with Gasteiger partial charge in [-0.1, -0.05) is 12.1 Å². The number of halogens is 3. The molecule has 0 fully saturated rings. The van der Waals surface area contributed by atoms with Crippen LogP contribution in [0.2, 0.25) is 0 Å². The number of anilines is 1. The molecule has 0 atom stereocenters. The largest absolute Gasteiger partial charge is 0.393 e. The third kappa shape index (κ3) is 1.78. The number of amides is 1. The van der Waals surface area contributed by atoms with Crippen molar-refractivity contribution in [3.63, 3.8) is 0 Å². The second-order valence-corrected chi connectivity index (χ2v) is 3.41. The predicted octanol–water partition coefficient (Wildman–Crippen LogP) is 1.93. The molecule has 0 aromatic heterocycles. The van der Waals surface area contributed by atoms with Crippen molar-refractivity contribution >= 4 is 17.4 Å². The first kappa shape index (κ1) is 10.7. The van der Waals surface area contributed by atoms with Gasteiger partial charge in [-0.2, -0.15) is 13.2 Å². The summed E-state index contributed by atoms with van der Waals surface area (Å²) in [7, 11) is 0. The number of carbonyl (C=O) groups is 2. The van der Waals surface area contributed by atoms with Gasteiger partial charge in [0, 0.05) is 0 Å². The fourth-order valence-electron chi connectivity index (χ4n) is 1.63. The highest BCUT2D eigenvalue weighted by Crippen LogP contribution is 2.30. The minimum Gasteiger partial charge on any atom is -0.318 e. The van der Waals surface area contributed by atoms with Crippen molar-refractivity contribution in [2.75, 3.05) is 5.32 Å². The van der Waals surface area contributed by atoms with E-state index in [1.165, 1.54) is 18.2 Å². The molecule has 1 amide bonds. The van der Waals surface area contributed by atoms with Crippen LogP contribution in [-0.4, -0.2) is 17.9 Å². The zero-order valence-corrected chi connectivity index (χ0v) is 7.89. The Morgan fingerprint density at radius 2 is 1.88 bits per heavy atom. The van der Waals surface area contributed by atoms with Crippen molar-refractivity contribution in [1.29, 1.82) is 0 Å². The minimum atomic E-state index is -4.40. The van der Waals surface area contributed by atoms with Gasteiger partial charge in [-0.3, -0.25) is 9.59 Å². The molecule has 16 heavy (non-hydrogen) atoms. The van der Waals surface area contributed by atoms with E-state index in [4.69, 9.17) is 0 Å². The molecule has 1 N–H and O–H groups in total. The van der Waals surface area contributed by atoms with Gasteiger partial charge in [0.25, 0.3) is 11.7 Å². The Hall–Kier alpha value is -1.85. The van der Waals surface area contributed by atoms with Gasteiger partial charge in [-0.25, -0.2) is 0 Å². The van der Waals surface area contributed by atoms with Crippen molar-refractivity contribution in [3.05, 3.63) is 29.3 Å². The summed E-state index contributed by atoms with van der Waals surface area (Å²) in [6, 6.07) is 3.97. The maximum Gasteiger partial charge on any atom is 0.393 e. The van der Waals surface area contributed by atoms with Gasteiger partial charge in [-0.15, -0.1) is 0 Å². The van der Waals surface area contributed by atoms with Crippen LogP contribution in [0.4, 0.5) is 18.9 Å². The van der Waals surface area contributed by atoms with Crippen molar-refractivity contribution < 1.29 is 22.8 Å². The third-order valence-electron chi connectivity index (χ3n) is 2.22. The lowest BCUT2D eigenvalue weighted by Crippen LogP contribution is -2.16. The number of carbonyl (C=O) groups excluding carboxylic acids is 2. The molecule has 1 aromatic carbocycles. The molecule has 0 radical (unpaired) electrons. The van der Waals surface area contributed by atoms with Crippen LogP contribution in [0.25, 0.3) is 0 Å². The van der Waals surface area contributed by atoms with E-state index in [-0.39, 0.29) is 16.8 Å². The van der Waals surface area contributed by atoms with Gasteiger partial charge in [0.2, 0.25) is 0 Å². The number of hydrogen-bond donors (Lipinski definition) is 1. The number of alkyl halides is 3. The molecule has 0 aliphatic carbocycles. The average Bonchev–Trinajstić information content (AvgIpc) is 2.41.